The lowest BCUT2D eigenvalue weighted by Gasteiger charge is -2.04. The van der Waals surface area contributed by atoms with Crippen LogP contribution in [0.1, 0.15) is 11.3 Å². The van der Waals surface area contributed by atoms with Crippen LogP contribution in [0, 0.1) is 0 Å². The van der Waals surface area contributed by atoms with Crippen LogP contribution in [0.4, 0.5) is 4.79 Å². The van der Waals surface area contributed by atoms with Gasteiger partial charge in [-0.15, -0.1) is 12.6 Å². The molecule has 0 bridgehead atoms. The van der Waals surface area contributed by atoms with Crippen molar-refractivity contribution >= 4 is 47.3 Å². The predicted molar refractivity (Wildman–Crippen MR) is 99.9 cm³/mol. The average molecular weight is 355 g/mol. The fourth-order valence-electron chi connectivity index (χ4n) is 2.24. The van der Waals surface area contributed by atoms with E-state index >= 15 is 0 Å². The van der Waals surface area contributed by atoms with Gasteiger partial charge in [0, 0.05) is 11.0 Å². The molecule has 6 heteroatoms. The minimum atomic E-state index is -0.473. The number of aromatic nitrogens is 2. The van der Waals surface area contributed by atoms with E-state index in [1.807, 2.05) is 54.6 Å². The number of fused-ring (bicyclic) bond motifs is 1. The third-order valence-corrected chi connectivity index (χ3v) is 4.24. The van der Waals surface area contributed by atoms with Crippen LogP contribution in [-0.2, 0) is 11.3 Å². The molecule has 4 nitrogen and oxygen atoms in total. The summed E-state index contributed by atoms with van der Waals surface area (Å²) in [5.41, 5.74) is 2.81. The SMILES string of the molecule is O=C(OCc1ccccc1)[n+]1cc(/C(S)=C/S)nc2ccccc21. The summed E-state index contributed by atoms with van der Waals surface area (Å²) in [5.74, 6) is 0. The van der Waals surface area contributed by atoms with Gasteiger partial charge in [-0.2, -0.15) is 17.4 Å². The Morgan fingerprint density at radius 1 is 1.12 bits per heavy atom. The molecular weight excluding hydrogens is 340 g/mol. The number of carbonyl (C=O) groups is 1. The van der Waals surface area contributed by atoms with Crippen LogP contribution < -0.4 is 4.57 Å². The van der Waals surface area contributed by atoms with Crippen LogP contribution in [-0.4, -0.2) is 11.1 Å². The zero-order chi connectivity index (χ0) is 16.9. The lowest BCUT2D eigenvalue weighted by molar-refractivity contribution is -0.559. The Morgan fingerprint density at radius 3 is 2.58 bits per heavy atom. The molecule has 0 fully saturated rings. The van der Waals surface area contributed by atoms with E-state index in [1.165, 1.54) is 9.98 Å². The summed E-state index contributed by atoms with van der Waals surface area (Å²) in [5, 5.41) is 1.53. The molecule has 0 atom stereocenters. The van der Waals surface area contributed by atoms with Crippen LogP contribution in [0.15, 0.2) is 66.2 Å². The van der Waals surface area contributed by atoms with Gasteiger partial charge in [-0.05, 0) is 17.0 Å². The van der Waals surface area contributed by atoms with Gasteiger partial charge >= 0.3 is 6.09 Å². The minimum Gasteiger partial charge on any atom is -0.407 e. The van der Waals surface area contributed by atoms with Crippen molar-refractivity contribution in [2.45, 2.75) is 6.61 Å². The second-order valence-electron chi connectivity index (χ2n) is 5.04. The Morgan fingerprint density at radius 2 is 1.83 bits per heavy atom. The smallest absolute Gasteiger partial charge is 0.407 e. The van der Waals surface area contributed by atoms with Gasteiger partial charge in [-0.25, -0.2) is 4.98 Å². The molecule has 0 unspecified atom stereocenters. The first-order valence-corrected chi connectivity index (χ1v) is 8.21. The van der Waals surface area contributed by atoms with Gasteiger partial charge < -0.3 is 4.74 Å². The summed E-state index contributed by atoms with van der Waals surface area (Å²) in [6.45, 7) is 0.203. The fraction of sp³-hybridized carbons (Fsp3) is 0.0556. The lowest BCUT2D eigenvalue weighted by Crippen LogP contribution is -2.44. The number of rotatable bonds is 3. The topological polar surface area (TPSA) is 43.1 Å². The average Bonchev–Trinajstić information content (AvgIpc) is 2.65. The summed E-state index contributed by atoms with van der Waals surface area (Å²) >= 11 is 8.42. The maximum Gasteiger partial charge on any atom is 0.602 e. The highest BCUT2D eigenvalue weighted by molar-refractivity contribution is 7.92. The van der Waals surface area contributed by atoms with E-state index in [2.05, 4.69) is 30.2 Å². The Labute approximate surface area is 150 Å². The normalized spacial score (nSPS) is 11.5. The predicted octanol–water partition coefficient (Wildman–Crippen LogP) is 3.87. The zero-order valence-corrected chi connectivity index (χ0v) is 14.5. The number of nitrogens with zero attached hydrogens (tertiary/aromatic N) is 2. The fourth-order valence-corrected chi connectivity index (χ4v) is 2.48. The minimum absolute atomic E-state index is 0.203. The summed E-state index contributed by atoms with van der Waals surface area (Å²) in [6, 6.07) is 16.9. The van der Waals surface area contributed by atoms with Gasteiger partial charge in [0.05, 0.1) is 0 Å². The Bertz CT molecular complexity index is 911. The largest absolute Gasteiger partial charge is 0.602 e. The van der Waals surface area contributed by atoms with E-state index in [4.69, 9.17) is 4.74 Å². The molecule has 0 amide bonds. The number of hydrogen-bond donors (Lipinski definition) is 2. The first-order valence-electron chi connectivity index (χ1n) is 7.25. The molecule has 0 saturated carbocycles. The van der Waals surface area contributed by atoms with Gasteiger partial charge in [-0.3, -0.25) is 0 Å². The van der Waals surface area contributed by atoms with Crippen molar-refractivity contribution in [3.05, 3.63) is 77.5 Å². The van der Waals surface area contributed by atoms with Crippen molar-refractivity contribution in [2.75, 3.05) is 0 Å². The number of benzene rings is 2. The number of carbonyl (C=O) groups excluding carboxylic acids is 1. The second-order valence-corrected chi connectivity index (χ2v) is 5.78. The van der Waals surface area contributed by atoms with Gasteiger partial charge in [0.15, 0.2) is 0 Å². The van der Waals surface area contributed by atoms with Crippen molar-refractivity contribution in [2.24, 2.45) is 0 Å². The highest BCUT2D eigenvalue weighted by atomic mass is 32.1. The van der Waals surface area contributed by atoms with E-state index in [-0.39, 0.29) is 6.61 Å². The summed E-state index contributed by atoms with van der Waals surface area (Å²) in [6.07, 6.45) is 1.13. The van der Waals surface area contributed by atoms with Crippen LogP contribution >= 0.6 is 25.3 Å². The molecule has 1 aromatic heterocycles. The van der Waals surface area contributed by atoms with Crippen molar-refractivity contribution in [1.29, 1.82) is 0 Å². The van der Waals surface area contributed by atoms with Crippen molar-refractivity contribution < 1.29 is 14.1 Å². The monoisotopic (exact) mass is 355 g/mol. The highest BCUT2D eigenvalue weighted by Crippen LogP contribution is 2.18. The molecule has 120 valence electrons. The maximum absolute atomic E-state index is 12.5. The molecule has 0 aliphatic heterocycles. The van der Waals surface area contributed by atoms with E-state index in [1.54, 1.807) is 6.20 Å². The second kappa shape index (κ2) is 7.51. The van der Waals surface area contributed by atoms with E-state index in [9.17, 15) is 4.79 Å². The zero-order valence-electron chi connectivity index (χ0n) is 12.7. The van der Waals surface area contributed by atoms with Crippen molar-refractivity contribution in [3.63, 3.8) is 0 Å². The maximum atomic E-state index is 12.5. The Hall–Kier alpha value is -2.31. The third-order valence-electron chi connectivity index (χ3n) is 3.42. The number of thiol groups is 2. The van der Waals surface area contributed by atoms with Crippen LogP contribution in [0.2, 0.25) is 0 Å². The third kappa shape index (κ3) is 3.60. The van der Waals surface area contributed by atoms with E-state index < -0.39 is 6.09 Å². The number of ether oxygens (including phenoxy) is 1. The molecule has 0 aliphatic carbocycles. The van der Waals surface area contributed by atoms with Gasteiger partial charge in [-0.1, -0.05) is 47.0 Å². The molecule has 3 rings (SSSR count). The molecule has 0 saturated heterocycles. The molecule has 3 aromatic rings. The standard InChI is InChI=1S/C18H14N2O2S2/c21-18(22-11-13-6-2-1-3-7-13)20-10-15(17(24)12-23)19-14-8-4-5-9-16(14)20/h1-10,12,19H,11H2/p+1. The summed E-state index contributed by atoms with van der Waals surface area (Å²) < 4.78 is 6.86. The van der Waals surface area contributed by atoms with Crippen LogP contribution in [0.3, 0.4) is 0 Å². The molecule has 0 aliphatic rings. The molecule has 24 heavy (non-hydrogen) atoms. The molecule has 1 heterocycles. The number of hydrogen-bond acceptors (Lipinski definition) is 5. The Kier molecular flexibility index (Phi) is 5.17. The van der Waals surface area contributed by atoms with E-state index in [0.717, 1.165) is 5.56 Å². The molecule has 0 radical (unpaired) electrons. The lowest BCUT2D eigenvalue weighted by atomic mass is 10.2. The summed E-state index contributed by atoms with van der Waals surface area (Å²) in [7, 11) is 0. The molecule has 2 aromatic carbocycles. The summed E-state index contributed by atoms with van der Waals surface area (Å²) in [4.78, 5) is 17.6. The van der Waals surface area contributed by atoms with Crippen LogP contribution in [0.5, 0.6) is 0 Å². The van der Waals surface area contributed by atoms with E-state index in [0.29, 0.717) is 21.6 Å². The Balaban J connectivity index is 1.96. The highest BCUT2D eigenvalue weighted by Gasteiger charge is 2.23. The number of para-hydroxylation sites is 2. The van der Waals surface area contributed by atoms with Crippen LogP contribution in [0.25, 0.3) is 15.9 Å². The molecule has 0 N–H and O–H groups in total. The quantitative estimate of drug-likeness (QED) is 0.554. The molecule has 0 spiro atoms. The van der Waals surface area contributed by atoms with Gasteiger partial charge in [0.25, 0.3) is 0 Å². The van der Waals surface area contributed by atoms with Crippen molar-refractivity contribution in [1.82, 2.24) is 4.98 Å². The first-order chi connectivity index (χ1) is 11.7. The van der Waals surface area contributed by atoms with Gasteiger partial charge in [0.2, 0.25) is 11.7 Å². The van der Waals surface area contributed by atoms with Crippen molar-refractivity contribution in [3.8, 4) is 0 Å². The first kappa shape index (κ1) is 16.5. The van der Waals surface area contributed by atoms with Gasteiger partial charge in [0.1, 0.15) is 17.8 Å². The molecular formula is C18H15N2O2S2+.